The van der Waals surface area contributed by atoms with Gasteiger partial charge in [0.2, 0.25) is 6.79 Å². The minimum atomic E-state index is -0.445. The van der Waals surface area contributed by atoms with E-state index < -0.39 is 6.09 Å². The molecule has 1 aromatic heterocycles. The number of amides is 1. The van der Waals surface area contributed by atoms with Crippen LogP contribution in [0.15, 0.2) is 24.4 Å². The van der Waals surface area contributed by atoms with Crippen molar-refractivity contribution in [1.82, 2.24) is 20.1 Å². The topological polar surface area (TPSA) is 69.8 Å². The number of carbonyl (C=O) groups is 1. The number of rotatable bonds is 9. The van der Waals surface area contributed by atoms with Crippen molar-refractivity contribution in [2.24, 2.45) is 0 Å². The maximum atomic E-state index is 11.7. The Morgan fingerprint density at radius 2 is 2.19 bits per heavy atom. The number of hydrogen-bond donors (Lipinski definition) is 2. The Kier molecular flexibility index (Phi) is 6.35. The van der Waals surface area contributed by atoms with Crippen molar-refractivity contribution in [3.05, 3.63) is 30.0 Å². The Bertz CT molecular complexity index is 725. The number of fused-ring (bicyclic) bond motifs is 1. The van der Waals surface area contributed by atoms with Gasteiger partial charge in [0, 0.05) is 36.7 Å². The number of aromatic nitrogens is 1. The average molecular weight is 360 g/mol. The zero-order chi connectivity index (χ0) is 18.4. The lowest BCUT2D eigenvalue weighted by Crippen LogP contribution is -2.42. The van der Waals surface area contributed by atoms with E-state index in [2.05, 4.69) is 34.2 Å². The van der Waals surface area contributed by atoms with E-state index >= 15 is 0 Å². The quantitative estimate of drug-likeness (QED) is 0.670. The number of benzene rings is 1. The van der Waals surface area contributed by atoms with Crippen LogP contribution in [0.1, 0.15) is 12.0 Å². The third-order valence-electron chi connectivity index (χ3n) is 4.63. The fraction of sp³-hybridized carbons (Fsp3) is 0.526. The van der Waals surface area contributed by atoms with Crippen LogP contribution in [-0.4, -0.2) is 74.5 Å². The molecular weight excluding hydrogens is 332 g/mol. The summed E-state index contributed by atoms with van der Waals surface area (Å²) in [6.07, 6.45) is 3.74. The Morgan fingerprint density at radius 1 is 1.35 bits per heavy atom. The minimum absolute atomic E-state index is 0.104. The van der Waals surface area contributed by atoms with Crippen LogP contribution in [0.4, 0.5) is 4.79 Å². The number of aromatic amines is 1. The molecule has 2 heterocycles. The van der Waals surface area contributed by atoms with Crippen LogP contribution in [0.3, 0.4) is 0 Å². The first-order valence-electron chi connectivity index (χ1n) is 9.13. The molecule has 0 unspecified atom stereocenters. The molecule has 1 aliphatic heterocycles. The molecule has 0 bridgehead atoms. The standard InChI is InChI=1S/C19H28N4O3/c1-22(2)11-7-15-13-21-16-5-3-6-17(18(15)16)25-14-26-19(24)20-8-12-23-9-4-10-23/h3,5-6,13,21H,4,7-12,14H2,1-2H3,(H,20,24). The van der Waals surface area contributed by atoms with Gasteiger partial charge in [0.1, 0.15) is 5.75 Å². The molecule has 1 aliphatic rings. The lowest BCUT2D eigenvalue weighted by atomic mass is 10.1. The van der Waals surface area contributed by atoms with Gasteiger partial charge in [-0.15, -0.1) is 0 Å². The van der Waals surface area contributed by atoms with Crippen LogP contribution in [-0.2, 0) is 11.2 Å². The minimum Gasteiger partial charge on any atom is -0.457 e. The number of carbonyl (C=O) groups excluding carboxylic acids is 1. The molecule has 7 heteroatoms. The number of likely N-dealkylation sites (N-methyl/N-ethyl adjacent to an activating group) is 1. The number of H-pyrrole nitrogens is 1. The third kappa shape index (κ3) is 4.89. The Morgan fingerprint density at radius 3 is 2.92 bits per heavy atom. The van der Waals surface area contributed by atoms with E-state index in [1.807, 2.05) is 24.4 Å². The van der Waals surface area contributed by atoms with Gasteiger partial charge in [-0.05, 0) is 57.7 Å². The molecule has 3 rings (SSSR count). The maximum Gasteiger partial charge on any atom is 0.410 e. The molecule has 2 aromatic rings. The number of likely N-dealkylation sites (tertiary alicyclic amines) is 1. The van der Waals surface area contributed by atoms with Crippen molar-refractivity contribution >= 4 is 17.0 Å². The molecular formula is C19H28N4O3. The van der Waals surface area contributed by atoms with Crippen molar-refractivity contribution < 1.29 is 14.3 Å². The van der Waals surface area contributed by atoms with Gasteiger partial charge in [0.05, 0.1) is 0 Å². The highest BCUT2D eigenvalue weighted by Gasteiger charge is 2.14. The summed E-state index contributed by atoms with van der Waals surface area (Å²) in [5.41, 5.74) is 2.22. The van der Waals surface area contributed by atoms with Crippen molar-refractivity contribution in [2.45, 2.75) is 12.8 Å². The van der Waals surface area contributed by atoms with E-state index in [0.717, 1.165) is 49.3 Å². The highest BCUT2D eigenvalue weighted by Crippen LogP contribution is 2.29. The first kappa shape index (κ1) is 18.5. The average Bonchev–Trinajstić information content (AvgIpc) is 2.99. The number of nitrogens with one attached hydrogen (secondary N) is 2. The van der Waals surface area contributed by atoms with Crippen molar-refractivity contribution in [2.75, 3.05) is 53.6 Å². The van der Waals surface area contributed by atoms with Crippen molar-refractivity contribution in [3.63, 3.8) is 0 Å². The molecule has 0 atom stereocenters. The van der Waals surface area contributed by atoms with Crippen molar-refractivity contribution in [1.29, 1.82) is 0 Å². The molecule has 0 radical (unpaired) electrons. The Labute approximate surface area is 154 Å². The zero-order valence-electron chi connectivity index (χ0n) is 15.6. The van der Waals surface area contributed by atoms with Gasteiger partial charge in [-0.25, -0.2) is 4.79 Å². The van der Waals surface area contributed by atoms with Crippen LogP contribution in [0.25, 0.3) is 10.9 Å². The zero-order valence-corrected chi connectivity index (χ0v) is 15.6. The molecule has 7 nitrogen and oxygen atoms in total. The van der Waals surface area contributed by atoms with Gasteiger partial charge in [0.25, 0.3) is 0 Å². The molecule has 0 aliphatic carbocycles. The number of ether oxygens (including phenoxy) is 2. The fourth-order valence-corrected chi connectivity index (χ4v) is 3.00. The van der Waals surface area contributed by atoms with Gasteiger partial charge in [0.15, 0.2) is 0 Å². The summed E-state index contributed by atoms with van der Waals surface area (Å²) in [6, 6.07) is 5.85. The Balaban J connectivity index is 1.49. The number of alkyl carbamates (subject to hydrolysis) is 1. The second kappa shape index (κ2) is 8.91. The molecule has 2 N–H and O–H groups in total. The monoisotopic (exact) mass is 360 g/mol. The van der Waals surface area contributed by atoms with Gasteiger partial charge in [-0.2, -0.15) is 0 Å². The second-order valence-corrected chi connectivity index (χ2v) is 6.86. The van der Waals surface area contributed by atoms with Gasteiger partial charge < -0.3 is 29.6 Å². The van der Waals surface area contributed by atoms with E-state index in [1.165, 1.54) is 12.0 Å². The first-order chi connectivity index (χ1) is 12.6. The summed E-state index contributed by atoms with van der Waals surface area (Å²) in [4.78, 5) is 19.5. The molecule has 1 fully saturated rings. The second-order valence-electron chi connectivity index (χ2n) is 6.86. The lowest BCUT2D eigenvalue weighted by Gasteiger charge is -2.30. The molecule has 0 spiro atoms. The van der Waals surface area contributed by atoms with E-state index in [4.69, 9.17) is 9.47 Å². The van der Waals surface area contributed by atoms with E-state index in [0.29, 0.717) is 6.54 Å². The van der Waals surface area contributed by atoms with Gasteiger partial charge in [-0.3, -0.25) is 0 Å². The molecule has 1 saturated heterocycles. The summed E-state index contributed by atoms with van der Waals surface area (Å²) >= 11 is 0. The number of hydrogen-bond acceptors (Lipinski definition) is 5. The van der Waals surface area contributed by atoms with Crippen LogP contribution in [0.2, 0.25) is 0 Å². The summed E-state index contributed by atoms with van der Waals surface area (Å²) < 4.78 is 10.9. The summed E-state index contributed by atoms with van der Waals surface area (Å²) in [7, 11) is 4.11. The Hall–Kier alpha value is -2.25. The highest BCUT2D eigenvalue weighted by atomic mass is 16.7. The molecule has 1 amide bonds. The lowest BCUT2D eigenvalue weighted by molar-refractivity contribution is 0.0594. The molecule has 1 aromatic carbocycles. The highest BCUT2D eigenvalue weighted by molar-refractivity contribution is 5.89. The predicted octanol–water partition coefficient (Wildman–Crippen LogP) is 2.04. The maximum absolute atomic E-state index is 11.7. The molecule has 142 valence electrons. The van der Waals surface area contributed by atoms with Crippen molar-refractivity contribution in [3.8, 4) is 5.75 Å². The van der Waals surface area contributed by atoms with E-state index in [-0.39, 0.29) is 6.79 Å². The summed E-state index contributed by atoms with van der Waals surface area (Å²) in [5, 5.41) is 3.80. The first-order valence-corrected chi connectivity index (χ1v) is 9.13. The van der Waals surface area contributed by atoms with Gasteiger partial charge in [-0.1, -0.05) is 6.07 Å². The van der Waals surface area contributed by atoms with Crippen LogP contribution >= 0.6 is 0 Å². The van der Waals surface area contributed by atoms with Crippen LogP contribution < -0.4 is 10.1 Å². The number of nitrogens with zero attached hydrogens (tertiary/aromatic N) is 2. The normalized spacial score (nSPS) is 14.4. The largest absolute Gasteiger partial charge is 0.457 e. The molecule has 26 heavy (non-hydrogen) atoms. The molecule has 0 saturated carbocycles. The summed E-state index contributed by atoms with van der Waals surface area (Å²) in [6.45, 7) is 4.56. The van der Waals surface area contributed by atoms with E-state index in [1.54, 1.807) is 0 Å². The van der Waals surface area contributed by atoms with Crippen LogP contribution in [0, 0.1) is 0 Å². The van der Waals surface area contributed by atoms with E-state index in [9.17, 15) is 4.79 Å². The predicted molar refractivity (Wildman–Crippen MR) is 102 cm³/mol. The summed E-state index contributed by atoms with van der Waals surface area (Å²) in [5.74, 6) is 0.728. The van der Waals surface area contributed by atoms with Gasteiger partial charge >= 0.3 is 6.09 Å². The third-order valence-corrected chi connectivity index (χ3v) is 4.63. The smallest absolute Gasteiger partial charge is 0.410 e. The fourth-order valence-electron chi connectivity index (χ4n) is 3.00. The SMILES string of the molecule is CN(C)CCc1c[nH]c2cccc(OCOC(=O)NCCN3CCC3)c12. The van der Waals surface area contributed by atoms with Crippen LogP contribution in [0.5, 0.6) is 5.75 Å².